The number of hydrogen-bond acceptors (Lipinski definition) is 5. The van der Waals surface area contributed by atoms with Crippen LogP contribution in [0.25, 0.3) is 11.0 Å². The van der Waals surface area contributed by atoms with E-state index in [1.54, 1.807) is 27.7 Å². The lowest BCUT2D eigenvalue weighted by molar-refractivity contribution is -0.134. The van der Waals surface area contributed by atoms with Crippen LogP contribution in [-0.2, 0) is 16.6 Å². The van der Waals surface area contributed by atoms with Crippen molar-refractivity contribution in [2.24, 2.45) is 18.7 Å². The molecule has 1 aromatic carbocycles. The van der Waals surface area contributed by atoms with Crippen LogP contribution < -0.4 is 5.73 Å². The van der Waals surface area contributed by atoms with E-state index in [4.69, 9.17) is 10.5 Å². The van der Waals surface area contributed by atoms with Crippen LogP contribution >= 0.6 is 0 Å². The van der Waals surface area contributed by atoms with E-state index in [-0.39, 0.29) is 5.92 Å². The molecule has 2 amide bonds. The summed E-state index contributed by atoms with van der Waals surface area (Å²) in [5, 5.41) is 0. The SMILES string of the molecule is CC(C)[C@H](N)C(=O)N(C(=O)OC(C)(C)C)C(C)c1nc2ccccc2n1C. The number of ether oxygens (including phenoxy) is 1. The topological polar surface area (TPSA) is 90.5 Å². The Balaban J connectivity index is 2.48. The summed E-state index contributed by atoms with van der Waals surface area (Å²) in [6.07, 6.45) is -0.719. The van der Waals surface area contributed by atoms with Crippen molar-refractivity contribution in [1.29, 1.82) is 0 Å². The molecule has 0 spiro atoms. The number of carbonyl (C=O) groups excluding carboxylic acids is 2. The fraction of sp³-hybridized carbons (Fsp3) is 0.550. The maximum Gasteiger partial charge on any atom is 0.417 e. The van der Waals surface area contributed by atoms with E-state index in [1.807, 2.05) is 49.7 Å². The molecule has 0 saturated carbocycles. The monoisotopic (exact) mass is 374 g/mol. The smallest absolute Gasteiger partial charge is 0.417 e. The third kappa shape index (κ3) is 4.47. The lowest BCUT2D eigenvalue weighted by Crippen LogP contribution is -2.51. The van der Waals surface area contributed by atoms with Gasteiger partial charge in [-0.1, -0.05) is 26.0 Å². The van der Waals surface area contributed by atoms with E-state index in [0.717, 1.165) is 15.9 Å². The molecule has 2 N–H and O–H groups in total. The maximum atomic E-state index is 13.0. The number of nitrogens with two attached hydrogens (primary N) is 1. The van der Waals surface area contributed by atoms with Crippen molar-refractivity contribution in [3.05, 3.63) is 30.1 Å². The molecular formula is C20H30N4O3. The number of aryl methyl sites for hydroxylation is 1. The molecule has 0 aliphatic heterocycles. The number of aromatic nitrogens is 2. The van der Waals surface area contributed by atoms with Crippen LogP contribution in [0.5, 0.6) is 0 Å². The lowest BCUT2D eigenvalue weighted by atomic mass is 10.0. The highest BCUT2D eigenvalue weighted by atomic mass is 16.6. The molecule has 0 saturated heterocycles. The summed E-state index contributed by atoms with van der Waals surface area (Å²) in [7, 11) is 1.86. The van der Waals surface area contributed by atoms with Gasteiger partial charge in [-0.15, -0.1) is 0 Å². The highest BCUT2D eigenvalue weighted by Gasteiger charge is 2.37. The summed E-state index contributed by atoms with van der Waals surface area (Å²) in [6.45, 7) is 10.7. The number of hydrogen-bond donors (Lipinski definition) is 1. The molecule has 0 aliphatic carbocycles. The number of imide groups is 1. The summed E-state index contributed by atoms with van der Waals surface area (Å²) in [5.41, 5.74) is 7.05. The number of rotatable bonds is 4. The normalized spacial score (nSPS) is 14.3. The number of imidazole rings is 1. The van der Waals surface area contributed by atoms with Crippen molar-refractivity contribution in [2.45, 2.75) is 59.2 Å². The molecule has 1 unspecified atom stereocenters. The average molecular weight is 374 g/mol. The van der Waals surface area contributed by atoms with Crippen LogP contribution in [0, 0.1) is 5.92 Å². The Bertz CT molecular complexity index is 835. The van der Waals surface area contributed by atoms with Gasteiger partial charge < -0.3 is 15.0 Å². The average Bonchev–Trinajstić information content (AvgIpc) is 2.89. The summed E-state index contributed by atoms with van der Waals surface area (Å²) in [5.74, 6) is 0.000233. The molecule has 0 fully saturated rings. The number of amides is 2. The minimum atomic E-state index is -0.811. The highest BCUT2D eigenvalue weighted by Crippen LogP contribution is 2.26. The van der Waals surface area contributed by atoms with Gasteiger partial charge in [-0.3, -0.25) is 4.79 Å². The third-order valence-corrected chi connectivity index (χ3v) is 4.41. The van der Waals surface area contributed by atoms with Crippen LogP contribution in [-0.4, -0.2) is 38.1 Å². The predicted octanol–water partition coefficient (Wildman–Crippen LogP) is 3.38. The molecule has 2 rings (SSSR count). The van der Waals surface area contributed by atoms with E-state index in [2.05, 4.69) is 4.98 Å². The molecule has 1 aromatic heterocycles. The second-order valence-corrected chi connectivity index (χ2v) is 8.15. The highest BCUT2D eigenvalue weighted by molar-refractivity contribution is 5.95. The maximum absolute atomic E-state index is 13.0. The Morgan fingerprint density at radius 3 is 2.30 bits per heavy atom. The fourth-order valence-electron chi connectivity index (χ4n) is 2.85. The van der Waals surface area contributed by atoms with E-state index in [0.29, 0.717) is 5.82 Å². The number of nitrogens with zero attached hydrogens (tertiary/aromatic N) is 3. The van der Waals surface area contributed by atoms with Crippen molar-refractivity contribution in [3.8, 4) is 0 Å². The van der Waals surface area contributed by atoms with Crippen LogP contribution in [0.3, 0.4) is 0 Å². The minimum absolute atomic E-state index is 0.116. The van der Waals surface area contributed by atoms with Gasteiger partial charge in [0.2, 0.25) is 5.91 Å². The molecule has 7 heteroatoms. The fourth-order valence-corrected chi connectivity index (χ4v) is 2.85. The van der Waals surface area contributed by atoms with Crippen molar-refractivity contribution in [2.75, 3.05) is 0 Å². The number of carbonyl (C=O) groups is 2. The third-order valence-electron chi connectivity index (χ3n) is 4.41. The molecular weight excluding hydrogens is 344 g/mol. The summed E-state index contributed by atoms with van der Waals surface area (Å²) in [6, 6.07) is 6.21. The van der Waals surface area contributed by atoms with Gasteiger partial charge in [0.05, 0.1) is 23.1 Å². The van der Waals surface area contributed by atoms with E-state index >= 15 is 0 Å². The Labute approximate surface area is 160 Å². The Morgan fingerprint density at radius 2 is 1.78 bits per heavy atom. The van der Waals surface area contributed by atoms with E-state index < -0.39 is 29.7 Å². The first-order chi connectivity index (χ1) is 12.4. The molecule has 27 heavy (non-hydrogen) atoms. The van der Waals surface area contributed by atoms with Crippen LogP contribution in [0.15, 0.2) is 24.3 Å². The summed E-state index contributed by atoms with van der Waals surface area (Å²) >= 11 is 0. The first kappa shape index (κ1) is 20.9. The van der Waals surface area contributed by atoms with E-state index in [9.17, 15) is 9.59 Å². The molecule has 7 nitrogen and oxygen atoms in total. The first-order valence-electron chi connectivity index (χ1n) is 9.17. The van der Waals surface area contributed by atoms with Gasteiger partial charge >= 0.3 is 6.09 Å². The second-order valence-electron chi connectivity index (χ2n) is 8.15. The second kappa shape index (κ2) is 7.68. The van der Waals surface area contributed by atoms with Crippen LogP contribution in [0.1, 0.15) is 53.4 Å². The lowest BCUT2D eigenvalue weighted by Gasteiger charge is -2.32. The molecule has 0 bridgehead atoms. The summed E-state index contributed by atoms with van der Waals surface area (Å²) in [4.78, 5) is 31.6. The zero-order valence-electron chi connectivity index (χ0n) is 17.2. The van der Waals surface area contributed by atoms with Gasteiger partial charge in [-0.05, 0) is 45.7 Å². The summed E-state index contributed by atoms with van der Waals surface area (Å²) < 4.78 is 7.36. The number of fused-ring (bicyclic) bond motifs is 1. The van der Waals surface area contributed by atoms with Gasteiger partial charge in [-0.25, -0.2) is 14.7 Å². The van der Waals surface area contributed by atoms with Crippen molar-refractivity contribution in [1.82, 2.24) is 14.5 Å². The number of benzene rings is 1. The quantitative estimate of drug-likeness (QED) is 0.886. The molecule has 1 heterocycles. The van der Waals surface area contributed by atoms with Gasteiger partial charge in [0.25, 0.3) is 0 Å². The minimum Gasteiger partial charge on any atom is -0.443 e. The predicted molar refractivity (Wildman–Crippen MR) is 105 cm³/mol. The van der Waals surface area contributed by atoms with Crippen molar-refractivity contribution < 1.29 is 14.3 Å². The Kier molecular flexibility index (Phi) is 5.94. The number of para-hydroxylation sites is 2. The molecule has 0 radical (unpaired) electrons. The molecule has 0 aliphatic rings. The Hall–Kier alpha value is -2.41. The first-order valence-corrected chi connectivity index (χ1v) is 9.17. The van der Waals surface area contributed by atoms with Crippen LogP contribution in [0.2, 0.25) is 0 Å². The van der Waals surface area contributed by atoms with E-state index in [1.165, 1.54) is 0 Å². The zero-order chi connectivity index (χ0) is 20.5. The van der Waals surface area contributed by atoms with Gasteiger partial charge in [-0.2, -0.15) is 0 Å². The van der Waals surface area contributed by atoms with Gasteiger partial charge in [0, 0.05) is 7.05 Å². The largest absolute Gasteiger partial charge is 0.443 e. The molecule has 148 valence electrons. The Morgan fingerprint density at radius 1 is 1.19 bits per heavy atom. The van der Waals surface area contributed by atoms with Gasteiger partial charge in [0.1, 0.15) is 11.4 Å². The molecule has 2 aromatic rings. The zero-order valence-corrected chi connectivity index (χ0v) is 17.2. The van der Waals surface area contributed by atoms with Crippen LogP contribution in [0.4, 0.5) is 4.79 Å². The standard InChI is InChI=1S/C20H30N4O3/c1-12(2)16(21)18(25)24(19(26)27-20(4,5)6)13(3)17-22-14-10-8-9-11-15(14)23(17)7/h8-13,16H,21H2,1-7H3/t13?,16-/m0/s1. The van der Waals surface area contributed by atoms with Crippen molar-refractivity contribution >= 4 is 23.0 Å². The van der Waals surface area contributed by atoms with Gasteiger partial charge in [0.15, 0.2) is 0 Å². The molecule has 2 atom stereocenters. The van der Waals surface area contributed by atoms with Crippen molar-refractivity contribution in [3.63, 3.8) is 0 Å².